The van der Waals surface area contributed by atoms with Crippen LogP contribution in [0.25, 0.3) is 0 Å². The Labute approximate surface area is 170 Å². The van der Waals surface area contributed by atoms with Crippen LogP contribution in [0.3, 0.4) is 0 Å². The molecule has 1 aromatic carbocycles. The molecule has 0 radical (unpaired) electrons. The number of amides is 1. The van der Waals surface area contributed by atoms with E-state index in [2.05, 4.69) is 5.32 Å². The summed E-state index contributed by atoms with van der Waals surface area (Å²) in [5.74, 6) is 0. The minimum absolute atomic E-state index is 0. The Morgan fingerprint density at radius 1 is 1.32 bits per heavy atom. The number of fused-ring (bicyclic) bond motifs is 1. The first-order valence-electron chi connectivity index (χ1n) is 6.88. The molecule has 0 fully saturated rings. The minimum atomic E-state index is -4.99. The number of benzene rings is 1. The van der Waals surface area contributed by atoms with Crippen LogP contribution in [0.4, 0.5) is 17.7 Å². The summed E-state index contributed by atoms with van der Waals surface area (Å²) in [6, 6.07) is 3.43. The number of carbonyl (C=O) groups excluding carboxylic acids is 1. The minimum Gasteiger partial charge on any atom is -0.445 e. The zero-order chi connectivity index (χ0) is 15.8. The molecule has 2 rings (SSSR count). The number of aryl methyl sites for hydroxylation is 1. The third kappa shape index (κ3) is 5.26. The predicted octanol–water partition coefficient (Wildman–Crippen LogP) is 0.257. The van der Waals surface area contributed by atoms with Crippen LogP contribution in [-0.4, -0.2) is 18.7 Å². The molecule has 0 saturated heterocycles. The van der Waals surface area contributed by atoms with Gasteiger partial charge in [-0.2, -0.15) is 0 Å². The average molecular weight is 339 g/mol. The van der Waals surface area contributed by atoms with Crippen LogP contribution in [0.1, 0.15) is 44.4 Å². The first-order valence-corrected chi connectivity index (χ1v) is 6.88. The summed E-state index contributed by atoms with van der Waals surface area (Å²) >= 11 is 0. The first-order chi connectivity index (χ1) is 9.56. The number of hydrogen-bond acceptors (Lipinski definition) is 2. The van der Waals surface area contributed by atoms with Gasteiger partial charge in [0.25, 0.3) is 0 Å². The molecule has 116 valence electrons. The van der Waals surface area contributed by atoms with Crippen LogP contribution in [0.5, 0.6) is 0 Å². The van der Waals surface area contributed by atoms with Crippen molar-refractivity contribution in [1.82, 2.24) is 5.32 Å². The van der Waals surface area contributed by atoms with Crippen LogP contribution < -0.4 is 62.2 Å². The van der Waals surface area contributed by atoms with Crippen LogP contribution in [0.15, 0.2) is 18.2 Å². The monoisotopic (exact) mass is 339 g/mol. The van der Waals surface area contributed by atoms with Crippen molar-refractivity contribution in [3.8, 4) is 0 Å². The van der Waals surface area contributed by atoms with Crippen LogP contribution >= 0.6 is 0 Å². The third-order valence-electron chi connectivity index (χ3n) is 3.31. The molecule has 0 aliphatic heterocycles. The maximum absolute atomic E-state index is 12.7. The van der Waals surface area contributed by atoms with Crippen molar-refractivity contribution in [3.05, 3.63) is 29.3 Å². The maximum atomic E-state index is 12.7. The maximum Gasteiger partial charge on any atom is 1.00 e. The van der Waals surface area contributed by atoms with Gasteiger partial charge in [0, 0.05) is 0 Å². The smallest absolute Gasteiger partial charge is 0.445 e. The summed E-state index contributed by atoms with van der Waals surface area (Å²) in [6.07, 6.45) is 0.558. The van der Waals surface area contributed by atoms with Gasteiger partial charge in [-0.1, -0.05) is 18.2 Å². The van der Waals surface area contributed by atoms with Gasteiger partial charge in [-0.3, -0.25) is 0 Å². The summed E-state index contributed by atoms with van der Waals surface area (Å²) in [7, 11) is 0. The molecule has 22 heavy (non-hydrogen) atoms. The molecule has 1 aliphatic rings. The molecule has 1 amide bonds. The van der Waals surface area contributed by atoms with E-state index in [1.54, 1.807) is 20.8 Å². The molecule has 0 spiro atoms. The quantitative estimate of drug-likeness (QED) is 0.785. The molecule has 0 saturated carbocycles. The van der Waals surface area contributed by atoms with E-state index in [0.29, 0.717) is 18.4 Å². The van der Waals surface area contributed by atoms with Gasteiger partial charge in [0.05, 0.1) is 6.04 Å². The molecule has 8 heteroatoms. The van der Waals surface area contributed by atoms with Gasteiger partial charge in [-0.15, -0.1) is 5.46 Å². The Morgan fingerprint density at radius 2 is 1.95 bits per heavy atom. The Balaban J connectivity index is 0.00000242. The standard InChI is InChI=1S/C14H18BF3NO2.K/c1-14(2,3)21-13(20)19-12-7-4-9-8-10(15(16,17)18)5-6-11(9)12;/h5-6,8,12H,4,7H2,1-3H3,(H,19,20);/q-1;+1/t12-;/m1./s1. The van der Waals surface area contributed by atoms with Crippen molar-refractivity contribution in [3.63, 3.8) is 0 Å². The summed E-state index contributed by atoms with van der Waals surface area (Å²) < 4.78 is 43.3. The Bertz CT molecular complexity index is 558. The SMILES string of the molecule is CC(C)(C)OC(=O)N[C@@H]1CCc2cc([B-](F)(F)F)ccc21.[K+]. The molecule has 1 aromatic rings. The first kappa shape index (κ1) is 20.0. The summed E-state index contributed by atoms with van der Waals surface area (Å²) in [5.41, 5.74) is 0.192. The Morgan fingerprint density at radius 3 is 2.50 bits per heavy atom. The van der Waals surface area contributed by atoms with E-state index in [1.807, 2.05) is 0 Å². The summed E-state index contributed by atoms with van der Waals surface area (Å²) in [4.78, 5) is 11.7. The molecule has 1 N–H and O–H groups in total. The Kier molecular flexibility index (Phi) is 6.60. The van der Waals surface area contributed by atoms with Gasteiger partial charge < -0.3 is 23.0 Å². The summed E-state index contributed by atoms with van der Waals surface area (Å²) in [6.45, 7) is 0.284. The predicted molar refractivity (Wildman–Crippen MR) is 75.6 cm³/mol. The molecule has 3 nitrogen and oxygen atoms in total. The van der Waals surface area contributed by atoms with E-state index in [9.17, 15) is 17.7 Å². The van der Waals surface area contributed by atoms with Crippen molar-refractivity contribution < 1.29 is 73.9 Å². The number of halogens is 3. The molecular weight excluding hydrogens is 321 g/mol. The van der Waals surface area contributed by atoms with Crippen molar-refractivity contribution in [2.24, 2.45) is 0 Å². The van der Waals surface area contributed by atoms with E-state index < -0.39 is 24.1 Å². The number of nitrogens with one attached hydrogen (secondary N) is 1. The van der Waals surface area contributed by atoms with E-state index in [1.165, 1.54) is 12.1 Å². The molecule has 1 aliphatic carbocycles. The number of carbonyl (C=O) groups is 1. The van der Waals surface area contributed by atoms with Gasteiger partial charge in [0.2, 0.25) is 0 Å². The van der Waals surface area contributed by atoms with Gasteiger partial charge in [-0.05, 0) is 44.7 Å². The second-order valence-electron chi connectivity index (χ2n) is 6.27. The van der Waals surface area contributed by atoms with Gasteiger partial charge in [0.1, 0.15) is 5.60 Å². The van der Waals surface area contributed by atoms with Crippen LogP contribution in [-0.2, 0) is 11.2 Å². The average Bonchev–Trinajstić information content (AvgIpc) is 2.68. The zero-order valence-corrected chi connectivity index (χ0v) is 16.4. The molecule has 0 aromatic heterocycles. The van der Waals surface area contributed by atoms with E-state index in [-0.39, 0.29) is 57.4 Å². The van der Waals surface area contributed by atoms with E-state index >= 15 is 0 Å². The van der Waals surface area contributed by atoms with Crippen molar-refractivity contribution in [1.29, 1.82) is 0 Å². The number of ether oxygens (including phenoxy) is 1. The molecule has 0 heterocycles. The normalized spacial score (nSPS) is 17.5. The van der Waals surface area contributed by atoms with Gasteiger partial charge in [-0.25, -0.2) is 4.79 Å². The fraction of sp³-hybridized carbons (Fsp3) is 0.500. The Hall–Kier alpha value is -0.0187. The summed E-state index contributed by atoms with van der Waals surface area (Å²) in [5, 5.41) is 2.71. The van der Waals surface area contributed by atoms with E-state index in [4.69, 9.17) is 4.74 Å². The second kappa shape index (κ2) is 7.25. The second-order valence-corrected chi connectivity index (χ2v) is 6.27. The van der Waals surface area contributed by atoms with Crippen LogP contribution in [0.2, 0.25) is 0 Å². The largest absolute Gasteiger partial charge is 1.00 e. The van der Waals surface area contributed by atoms with Gasteiger partial charge >= 0.3 is 64.5 Å². The number of rotatable bonds is 2. The number of alkyl carbamates (subject to hydrolysis) is 1. The van der Waals surface area contributed by atoms with Crippen molar-refractivity contribution >= 4 is 18.5 Å². The fourth-order valence-corrected chi connectivity index (χ4v) is 2.44. The topological polar surface area (TPSA) is 38.3 Å². The molecule has 0 unspecified atom stereocenters. The molecular formula is C14H18BF3KNO2. The van der Waals surface area contributed by atoms with Crippen molar-refractivity contribution in [2.75, 3.05) is 0 Å². The molecule has 0 bridgehead atoms. The third-order valence-corrected chi connectivity index (χ3v) is 3.31. The van der Waals surface area contributed by atoms with Gasteiger partial charge in [0.15, 0.2) is 0 Å². The van der Waals surface area contributed by atoms with Crippen molar-refractivity contribution in [2.45, 2.75) is 45.3 Å². The number of hydrogen-bond donors (Lipinski definition) is 1. The van der Waals surface area contributed by atoms with E-state index in [0.717, 1.165) is 11.6 Å². The van der Waals surface area contributed by atoms with Crippen LogP contribution in [0, 0.1) is 0 Å². The fourth-order valence-electron chi connectivity index (χ4n) is 2.44. The zero-order valence-electron chi connectivity index (χ0n) is 13.3. The molecule has 1 atom stereocenters.